The van der Waals surface area contributed by atoms with E-state index in [-0.39, 0.29) is 18.4 Å². The molecule has 0 aromatic carbocycles. The molecule has 1 N–H and O–H groups in total. The quantitative estimate of drug-likeness (QED) is 0.637. The predicted molar refractivity (Wildman–Crippen MR) is 123 cm³/mol. The lowest BCUT2D eigenvalue weighted by Gasteiger charge is -2.21. The van der Waals surface area contributed by atoms with Crippen LogP contribution < -0.4 is 5.32 Å². The van der Waals surface area contributed by atoms with E-state index >= 15 is 0 Å². The Bertz CT molecular complexity index is 1090. The van der Waals surface area contributed by atoms with E-state index in [1.807, 2.05) is 54.6 Å². The standard InChI is InChI=1S/C22H27N7O2S/c1-15-11-16(2)24-22(23-15)29-19(12-17(3)26-29)25-20(30)13-27-6-4-7-28(9-8-27)21(31)18-5-10-32-14-18/h5,10-12,14H,4,6-9,13H2,1-3H3,(H,25,30). The fraction of sp³-hybridized carbons (Fsp3) is 0.409. The summed E-state index contributed by atoms with van der Waals surface area (Å²) in [6, 6.07) is 5.56. The highest BCUT2D eigenvalue weighted by Crippen LogP contribution is 2.16. The maximum Gasteiger partial charge on any atom is 0.254 e. The number of thiophene rings is 1. The first kappa shape index (κ1) is 22.1. The number of hydrogen-bond donors (Lipinski definition) is 1. The number of carbonyl (C=O) groups excluding carboxylic acids is 2. The number of nitrogens with zero attached hydrogens (tertiary/aromatic N) is 6. The van der Waals surface area contributed by atoms with Gasteiger partial charge < -0.3 is 10.2 Å². The van der Waals surface area contributed by atoms with Gasteiger partial charge in [0.25, 0.3) is 11.9 Å². The van der Waals surface area contributed by atoms with Crippen molar-refractivity contribution >= 4 is 29.0 Å². The highest BCUT2D eigenvalue weighted by Gasteiger charge is 2.22. The van der Waals surface area contributed by atoms with Crippen molar-refractivity contribution < 1.29 is 9.59 Å². The Balaban J connectivity index is 1.39. The average molecular weight is 454 g/mol. The second-order valence-electron chi connectivity index (χ2n) is 8.02. The van der Waals surface area contributed by atoms with Gasteiger partial charge >= 0.3 is 0 Å². The normalized spacial score (nSPS) is 14.9. The van der Waals surface area contributed by atoms with Gasteiger partial charge in [-0.1, -0.05) is 0 Å². The lowest BCUT2D eigenvalue weighted by Crippen LogP contribution is -2.38. The predicted octanol–water partition coefficient (Wildman–Crippen LogP) is 2.44. The third-order valence-electron chi connectivity index (χ3n) is 5.27. The number of amides is 2. The molecule has 0 saturated carbocycles. The van der Waals surface area contributed by atoms with E-state index in [1.54, 1.807) is 4.68 Å². The van der Waals surface area contributed by atoms with Gasteiger partial charge in [0.15, 0.2) is 0 Å². The van der Waals surface area contributed by atoms with Crippen molar-refractivity contribution in [2.75, 3.05) is 38.0 Å². The Morgan fingerprint density at radius 2 is 1.81 bits per heavy atom. The molecular formula is C22H27N7O2S. The smallest absolute Gasteiger partial charge is 0.254 e. The van der Waals surface area contributed by atoms with Crippen LogP contribution in [0.3, 0.4) is 0 Å². The molecular weight excluding hydrogens is 426 g/mol. The summed E-state index contributed by atoms with van der Waals surface area (Å²) < 4.78 is 1.57. The van der Waals surface area contributed by atoms with Crippen LogP contribution in [0.4, 0.5) is 5.82 Å². The molecule has 4 heterocycles. The Hall–Kier alpha value is -3.11. The Morgan fingerprint density at radius 1 is 1.03 bits per heavy atom. The zero-order valence-corrected chi connectivity index (χ0v) is 19.4. The van der Waals surface area contributed by atoms with E-state index < -0.39 is 0 Å². The van der Waals surface area contributed by atoms with Crippen LogP contribution in [0.5, 0.6) is 0 Å². The van der Waals surface area contributed by atoms with Crippen LogP contribution in [0, 0.1) is 20.8 Å². The second kappa shape index (κ2) is 9.58. The zero-order valence-electron chi connectivity index (χ0n) is 18.5. The summed E-state index contributed by atoms with van der Waals surface area (Å²) in [5.74, 6) is 0.906. The van der Waals surface area contributed by atoms with Crippen LogP contribution in [0.2, 0.25) is 0 Å². The minimum absolute atomic E-state index is 0.0605. The highest BCUT2D eigenvalue weighted by atomic mass is 32.1. The van der Waals surface area contributed by atoms with Gasteiger partial charge in [-0.25, -0.2) is 9.97 Å². The van der Waals surface area contributed by atoms with Gasteiger partial charge in [-0.05, 0) is 44.7 Å². The molecule has 1 fully saturated rings. The Labute approximate surface area is 191 Å². The van der Waals surface area contributed by atoms with Gasteiger partial charge in [-0.15, -0.1) is 0 Å². The lowest BCUT2D eigenvalue weighted by atomic mass is 10.3. The Morgan fingerprint density at radius 3 is 2.53 bits per heavy atom. The molecule has 0 bridgehead atoms. The molecule has 2 amide bonds. The first-order valence-electron chi connectivity index (χ1n) is 10.6. The van der Waals surface area contributed by atoms with Crippen LogP contribution in [0.25, 0.3) is 5.95 Å². The molecule has 4 rings (SSSR count). The monoisotopic (exact) mass is 453 g/mol. The van der Waals surface area contributed by atoms with Crippen molar-refractivity contribution in [1.29, 1.82) is 0 Å². The summed E-state index contributed by atoms with van der Waals surface area (Å²) in [7, 11) is 0. The number of carbonyl (C=O) groups is 2. The first-order valence-corrected chi connectivity index (χ1v) is 11.6. The topological polar surface area (TPSA) is 96.3 Å². The molecule has 0 unspecified atom stereocenters. The summed E-state index contributed by atoms with van der Waals surface area (Å²) in [4.78, 5) is 38.3. The summed E-state index contributed by atoms with van der Waals surface area (Å²) in [5, 5.41) is 11.2. The van der Waals surface area contributed by atoms with Crippen molar-refractivity contribution in [3.05, 3.63) is 51.6 Å². The average Bonchev–Trinajstić information content (AvgIpc) is 3.33. The van der Waals surface area contributed by atoms with Gasteiger partial charge in [-0.2, -0.15) is 21.1 Å². The van der Waals surface area contributed by atoms with E-state index in [0.29, 0.717) is 31.4 Å². The summed E-state index contributed by atoms with van der Waals surface area (Å²) in [6.45, 7) is 8.64. The number of nitrogens with one attached hydrogen (secondary N) is 1. The SMILES string of the molecule is Cc1cc(C)nc(-n2nc(C)cc2NC(=O)CN2CCCN(C(=O)c3ccsc3)CC2)n1. The number of rotatable bonds is 5. The van der Waals surface area contributed by atoms with Gasteiger partial charge in [0.2, 0.25) is 5.91 Å². The van der Waals surface area contributed by atoms with Crippen molar-refractivity contribution in [2.45, 2.75) is 27.2 Å². The van der Waals surface area contributed by atoms with Crippen LogP contribution in [0.15, 0.2) is 29.0 Å². The summed E-state index contributed by atoms with van der Waals surface area (Å²) in [5.41, 5.74) is 3.17. The molecule has 32 heavy (non-hydrogen) atoms. The molecule has 3 aromatic rings. The van der Waals surface area contributed by atoms with E-state index in [2.05, 4.69) is 25.3 Å². The maximum absolute atomic E-state index is 12.8. The second-order valence-corrected chi connectivity index (χ2v) is 8.80. The fourth-order valence-corrected chi connectivity index (χ4v) is 4.46. The molecule has 1 aliphatic rings. The van der Waals surface area contributed by atoms with Crippen molar-refractivity contribution in [1.82, 2.24) is 29.5 Å². The van der Waals surface area contributed by atoms with Gasteiger partial charge in [-0.3, -0.25) is 14.5 Å². The third-order valence-corrected chi connectivity index (χ3v) is 5.95. The van der Waals surface area contributed by atoms with Crippen molar-refractivity contribution in [2.24, 2.45) is 0 Å². The van der Waals surface area contributed by atoms with E-state index in [1.165, 1.54) is 11.3 Å². The number of hydrogen-bond acceptors (Lipinski definition) is 7. The molecule has 0 spiro atoms. The first-order chi connectivity index (χ1) is 15.4. The van der Waals surface area contributed by atoms with Crippen LogP contribution >= 0.6 is 11.3 Å². The molecule has 1 saturated heterocycles. The van der Waals surface area contributed by atoms with Gasteiger partial charge in [0.1, 0.15) is 5.82 Å². The van der Waals surface area contributed by atoms with E-state index in [4.69, 9.17) is 0 Å². The van der Waals surface area contributed by atoms with Crippen molar-refractivity contribution in [3.63, 3.8) is 0 Å². The zero-order chi connectivity index (χ0) is 22.7. The molecule has 0 aliphatic carbocycles. The van der Waals surface area contributed by atoms with Gasteiger partial charge in [0.05, 0.1) is 17.8 Å². The molecule has 1 aliphatic heterocycles. The fourth-order valence-electron chi connectivity index (χ4n) is 3.83. The number of aromatic nitrogens is 4. The van der Waals surface area contributed by atoms with Crippen molar-refractivity contribution in [3.8, 4) is 5.95 Å². The summed E-state index contributed by atoms with van der Waals surface area (Å²) in [6.07, 6.45) is 0.830. The van der Waals surface area contributed by atoms with Crippen LogP contribution in [-0.4, -0.2) is 74.1 Å². The molecule has 3 aromatic heterocycles. The molecule has 0 radical (unpaired) electrons. The summed E-state index contributed by atoms with van der Waals surface area (Å²) >= 11 is 1.52. The minimum atomic E-state index is -0.131. The van der Waals surface area contributed by atoms with E-state index in [9.17, 15) is 9.59 Å². The molecule has 0 atom stereocenters. The van der Waals surface area contributed by atoms with Crippen LogP contribution in [0.1, 0.15) is 33.9 Å². The van der Waals surface area contributed by atoms with E-state index in [0.717, 1.165) is 35.6 Å². The van der Waals surface area contributed by atoms with Gasteiger partial charge in [0, 0.05) is 49.0 Å². The maximum atomic E-state index is 12.8. The molecule has 10 heteroatoms. The Kier molecular flexibility index (Phi) is 6.61. The lowest BCUT2D eigenvalue weighted by molar-refractivity contribution is -0.117. The number of anilines is 1. The minimum Gasteiger partial charge on any atom is -0.337 e. The highest BCUT2D eigenvalue weighted by molar-refractivity contribution is 7.08. The van der Waals surface area contributed by atoms with Crippen LogP contribution in [-0.2, 0) is 4.79 Å². The molecule has 168 valence electrons. The number of aryl methyl sites for hydroxylation is 3. The third kappa shape index (κ3) is 5.20. The molecule has 9 nitrogen and oxygen atoms in total. The largest absolute Gasteiger partial charge is 0.337 e.